The Morgan fingerprint density at radius 3 is 2.92 bits per heavy atom. The first-order valence-electron chi connectivity index (χ1n) is 7.77. The van der Waals surface area contributed by atoms with Gasteiger partial charge in [0, 0.05) is 12.5 Å². The molecule has 0 radical (unpaired) electrons. The quantitative estimate of drug-likeness (QED) is 0.640. The van der Waals surface area contributed by atoms with Crippen LogP contribution in [0, 0.1) is 5.82 Å². The first-order valence-corrected chi connectivity index (χ1v) is 8.58. The lowest BCUT2D eigenvalue weighted by molar-refractivity contribution is -0.116. The second kappa shape index (κ2) is 7.94. The van der Waals surface area contributed by atoms with E-state index in [1.165, 1.54) is 23.5 Å². The molecular formula is C18H17FN2O3S. The molecule has 1 amide bonds. The van der Waals surface area contributed by atoms with Gasteiger partial charge < -0.3 is 14.8 Å². The van der Waals surface area contributed by atoms with Gasteiger partial charge in [0.05, 0.1) is 23.9 Å². The molecule has 1 aromatic heterocycles. The summed E-state index contributed by atoms with van der Waals surface area (Å²) in [6.07, 6.45) is 0.829. The third-order valence-corrected chi connectivity index (χ3v) is 4.39. The zero-order valence-corrected chi connectivity index (χ0v) is 14.4. The SMILES string of the molecule is COc1ccc2nc(NC(=O)CCCOc3cccc(F)c3)sc2c1. The molecule has 0 saturated carbocycles. The first kappa shape index (κ1) is 17.2. The lowest BCUT2D eigenvalue weighted by atomic mass is 10.3. The van der Waals surface area contributed by atoms with Crippen LogP contribution in [0.5, 0.6) is 11.5 Å². The van der Waals surface area contributed by atoms with Crippen molar-refractivity contribution < 1.29 is 18.7 Å². The number of methoxy groups -OCH3 is 1. The van der Waals surface area contributed by atoms with Crippen LogP contribution in [-0.4, -0.2) is 24.6 Å². The molecule has 0 aliphatic rings. The van der Waals surface area contributed by atoms with Gasteiger partial charge in [-0.1, -0.05) is 17.4 Å². The number of fused-ring (bicyclic) bond motifs is 1. The number of aromatic nitrogens is 1. The standard InChI is InChI=1S/C18H17FN2O3S/c1-23-13-7-8-15-16(11-13)25-18(20-15)21-17(22)6-3-9-24-14-5-2-4-12(19)10-14/h2,4-5,7-8,10-11H,3,6,9H2,1H3,(H,20,21,22). The van der Waals surface area contributed by atoms with E-state index in [2.05, 4.69) is 10.3 Å². The van der Waals surface area contributed by atoms with Gasteiger partial charge in [0.2, 0.25) is 5.91 Å². The van der Waals surface area contributed by atoms with E-state index in [0.29, 0.717) is 30.3 Å². The van der Waals surface area contributed by atoms with E-state index < -0.39 is 0 Å². The highest BCUT2D eigenvalue weighted by Gasteiger charge is 2.09. The fourth-order valence-corrected chi connectivity index (χ4v) is 3.16. The van der Waals surface area contributed by atoms with E-state index in [1.807, 2.05) is 18.2 Å². The van der Waals surface area contributed by atoms with Crippen molar-refractivity contribution in [2.75, 3.05) is 19.0 Å². The van der Waals surface area contributed by atoms with Crippen molar-refractivity contribution >= 4 is 32.6 Å². The molecule has 130 valence electrons. The van der Waals surface area contributed by atoms with Crippen LogP contribution >= 0.6 is 11.3 Å². The third kappa shape index (κ3) is 4.67. The Balaban J connectivity index is 1.47. The zero-order valence-electron chi connectivity index (χ0n) is 13.6. The van der Waals surface area contributed by atoms with Gasteiger partial charge in [-0.25, -0.2) is 9.37 Å². The topological polar surface area (TPSA) is 60.5 Å². The Bertz CT molecular complexity index is 882. The molecule has 3 rings (SSSR count). The number of carbonyl (C=O) groups excluding carboxylic acids is 1. The van der Waals surface area contributed by atoms with Crippen molar-refractivity contribution in [1.82, 2.24) is 4.98 Å². The van der Waals surface area contributed by atoms with Crippen LogP contribution in [0.2, 0.25) is 0 Å². The fourth-order valence-electron chi connectivity index (χ4n) is 2.25. The average molecular weight is 360 g/mol. The Labute approximate surface area is 148 Å². The van der Waals surface area contributed by atoms with Gasteiger partial charge in [0.15, 0.2) is 5.13 Å². The van der Waals surface area contributed by atoms with Crippen LogP contribution in [-0.2, 0) is 4.79 Å². The van der Waals surface area contributed by atoms with Gasteiger partial charge in [-0.05, 0) is 36.8 Å². The third-order valence-electron chi connectivity index (χ3n) is 3.45. The van der Waals surface area contributed by atoms with Crippen LogP contribution in [0.15, 0.2) is 42.5 Å². The highest BCUT2D eigenvalue weighted by atomic mass is 32.1. The van der Waals surface area contributed by atoms with Gasteiger partial charge in [0.25, 0.3) is 0 Å². The molecule has 0 atom stereocenters. The number of benzene rings is 2. The number of halogens is 1. The molecule has 0 unspecified atom stereocenters. The first-order chi connectivity index (χ1) is 12.1. The Morgan fingerprint density at radius 2 is 2.12 bits per heavy atom. The van der Waals surface area contributed by atoms with Crippen molar-refractivity contribution in [3.05, 3.63) is 48.3 Å². The summed E-state index contributed by atoms with van der Waals surface area (Å²) in [6.45, 7) is 0.341. The number of hydrogen-bond acceptors (Lipinski definition) is 5. The molecule has 2 aromatic carbocycles. The number of thiazole rings is 1. The maximum Gasteiger partial charge on any atom is 0.226 e. The number of carbonyl (C=O) groups is 1. The molecule has 7 heteroatoms. The molecular weight excluding hydrogens is 343 g/mol. The van der Waals surface area contributed by atoms with Crippen molar-refractivity contribution in [3.63, 3.8) is 0 Å². The fraction of sp³-hybridized carbons (Fsp3) is 0.222. The van der Waals surface area contributed by atoms with E-state index in [-0.39, 0.29) is 11.7 Å². The van der Waals surface area contributed by atoms with Crippen molar-refractivity contribution in [2.45, 2.75) is 12.8 Å². The van der Waals surface area contributed by atoms with E-state index >= 15 is 0 Å². The minimum Gasteiger partial charge on any atom is -0.497 e. The predicted molar refractivity (Wildman–Crippen MR) is 95.9 cm³/mol. The average Bonchev–Trinajstić information content (AvgIpc) is 3.00. The Kier molecular flexibility index (Phi) is 5.45. The largest absolute Gasteiger partial charge is 0.497 e. The number of anilines is 1. The van der Waals surface area contributed by atoms with Crippen LogP contribution in [0.1, 0.15) is 12.8 Å². The van der Waals surface area contributed by atoms with E-state index in [0.717, 1.165) is 16.0 Å². The highest BCUT2D eigenvalue weighted by Crippen LogP contribution is 2.29. The number of amides is 1. The minimum absolute atomic E-state index is 0.131. The van der Waals surface area contributed by atoms with Crippen molar-refractivity contribution in [1.29, 1.82) is 0 Å². The minimum atomic E-state index is -0.345. The predicted octanol–water partition coefficient (Wildman–Crippen LogP) is 4.24. The van der Waals surface area contributed by atoms with Gasteiger partial charge in [-0.2, -0.15) is 0 Å². The summed E-state index contributed by atoms with van der Waals surface area (Å²) in [5.74, 6) is 0.737. The second-order valence-corrected chi connectivity index (χ2v) is 6.34. The Morgan fingerprint density at radius 1 is 1.24 bits per heavy atom. The lowest BCUT2D eigenvalue weighted by Gasteiger charge is -2.06. The molecule has 5 nitrogen and oxygen atoms in total. The van der Waals surface area contributed by atoms with Crippen LogP contribution < -0.4 is 14.8 Å². The van der Waals surface area contributed by atoms with Crippen LogP contribution in [0.25, 0.3) is 10.2 Å². The molecule has 1 heterocycles. The van der Waals surface area contributed by atoms with Crippen molar-refractivity contribution in [3.8, 4) is 11.5 Å². The summed E-state index contributed by atoms with van der Waals surface area (Å²) >= 11 is 1.40. The number of nitrogens with zero attached hydrogens (tertiary/aromatic N) is 1. The molecule has 3 aromatic rings. The second-order valence-electron chi connectivity index (χ2n) is 5.31. The molecule has 0 aliphatic heterocycles. The van der Waals surface area contributed by atoms with Crippen LogP contribution in [0.4, 0.5) is 9.52 Å². The van der Waals surface area contributed by atoms with Gasteiger partial charge in [0.1, 0.15) is 17.3 Å². The van der Waals surface area contributed by atoms with Gasteiger partial charge in [-0.15, -0.1) is 0 Å². The number of hydrogen-bond donors (Lipinski definition) is 1. The molecule has 1 N–H and O–H groups in total. The maximum atomic E-state index is 13.0. The Hall–Kier alpha value is -2.67. The van der Waals surface area contributed by atoms with E-state index in [9.17, 15) is 9.18 Å². The molecule has 0 fully saturated rings. The number of rotatable bonds is 7. The van der Waals surface area contributed by atoms with Crippen molar-refractivity contribution in [2.24, 2.45) is 0 Å². The van der Waals surface area contributed by atoms with Gasteiger partial charge in [-0.3, -0.25) is 4.79 Å². The smallest absolute Gasteiger partial charge is 0.226 e. The summed E-state index contributed by atoms with van der Waals surface area (Å²) in [5, 5.41) is 3.34. The summed E-state index contributed by atoms with van der Waals surface area (Å²) in [7, 11) is 1.61. The summed E-state index contributed by atoms with van der Waals surface area (Å²) in [5.41, 5.74) is 0.815. The molecule has 0 aliphatic carbocycles. The van der Waals surface area contributed by atoms with Gasteiger partial charge >= 0.3 is 0 Å². The zero-order chi connectivity index (χ0) is 17.6. The molecule has 25 heavy (non-hydrogen) atoms. The van der Waals surface area contributed by atoms with E-state index in [4.69, 9.17) is 9.47 Å². The lowest BCUT2D eigenvalue weighted by Crippen LogP contribution is -2.12. The number of nitrogens with one attached hydrogen (secondary N) is 1. The molecule has 0 bridgehead atoms. The number of ether oxygens (including phenoxy) is 2. The van der Waals surface area contributed by atoms with E-state index in [1.54, 1.807) is 19.2 Å². The normalized spacial score (nSPS) is 10.6. The van der Waals surface area contributed by atoms with Crippen LogP contribution in [0.3, 0.4) is 0 Å². The summed E-state index contributed by atoms with van der Waals surface area (Å²) < 4.78 is 24.6. The molecule has 0 saturated heterocycles. The highest BCUT2D eigenvalue weighted by molar-refractivity contribution is 7.22. The molecule has 0 spiro atoms. The summed E-state index contributed by atoms with van der Waals surface area (Å²) in [4.78, 5) is 16.4. The maximum absolute atomic E-state index is 13.0. The summed E-state index contributed by atoms with van der Waals surface area (Å²) in [6, 6.07) is 11.5. The monoisotopic (exact) mass is 360 g/mol.